The minimum absolute atomic E-state index is 0.511. The third kappa shape index (κ3) is 7.65. The van der Waals surface area contributed by atoms with Gasteiger partial charge in [-0.2, -0.15) is 0 Å². The van der Waals surface area contributed by atoms with E-state index in [2.05, 4.69) is 117 Å². The maximum Gasteiger partial charge on any atom is 0.162 e. The summed E-state index contributed by atoms with van der Waals surface area (Å²) in [5.41, 5.74) is 13.2. The Morgan fingerprint density at radius 2 is 0.878 bits per heavy atom. The molecule has 14 rings (SSSR count). The van der Waals surface area contributed by atoms with E-state index in [1.807, 2.05) is 97.1 Å². The first-order valence-corrected chi connectivity index (χ1v) is 24.8. The van der Waals surface area contributed by atoms with Crippen LogP contribution in [0.2, 0.25) is 0 Å². The molecule has 0 unspecified atom stereocenters. The van der Waals surface area contributed by atoms with Gasteiger partial charge in [0.15, 0.2) is 23.1 Å². The quantitative estimate of drug-likeness (QED) is 0.144. The number of ether oxygens (including phenoxy) is 1. The van der Waals surface area contributed by atoms with Crippen molar-refractivity contribution in [2.45, 2.75) is 9.79 Å². The molecule has 0 saturated carbocycles. The molecule has 2 aliphatic rings. The highest BCUT2D eigenvalue weighted by Crippen LogP contribution is 2.56. The molecule has 11 nitrogen and oxygen atoms in total. The molecular weight excluding hydrogens is 933 g/mol. The second-order valence-corrected chi connectivity index (χ2v) is 18.8. The Balaban J connectivity index is 1.13. The average Bonchev–Trinajstić information content (AvgIpc) is 3.48. The minimum atomic E-state index is 0.511. The SMILES string of the molecule is c1ccc(-c2cc(-c3cc(-c4cc(-c5ccccn5)nc(-c5cccnc5)n4)c4cc(N5c6ccccc6Oc6ccccc65)cc(N5c6ccccc6Sc6ccccc65)c4c3)nc(-c3cccnc3)n2)nc1. The van der Waals surface area contributed by atoms with Crippen molar-refractivity contribution in [2.75, 3.05) is 9.80 Å². The van der Waals surface area contributed by atoms with E-state index in [1.165, 1.54) is 0 Å². The zero-order chi connectivity index (χ0) is 49.0. The highest BCUT2D eigenvalue weighted by molar-refractivity contribution is 7.99. The molecule has 0 bridgehead atoms. The lowest BCUT2D eigenvalue weighted by Gasteiger charge is -2.36. The van der Waals surface area contributed by atoms with Gasteiger partial charge in [0.1, 0.15) is 0 Å². The molecule has 0 N–H and O–H groups in total. The number of anilines is 6. The number of aromatic nitrogens is 8. The average molecular weight is 971 g/mol. The Hall–Kier alpha value is -9.91. The molecule has 0 aliphatic carbocycles. The van der Waals surface area contributed by atoms with Gasteiger partial charge in [-0.05, 0) is 139 Å². The minimum Gasteiger partial charge on any atom is -0.453 e. The van der Waals surface area contributed by atoms with Gasteiger partial charge in [-0.15, -0.1) is 0 Å². The van der Waals surface area contributed by atoms with Crippen LogP contribution < -0.4 is 14.5 Å². The third-order valence-corrected chi connectivity index (χ3v) is 14.2. The number of nitrogens with zero attached hydrogens (tertiary/aromatic N) is 10. The fraction of sp³-hybridized carbons (Fsp3) is 0. The van der Waals surface area contributed by atoms with Crippen LogP contribution in [-0.4, -0.2) is 39.9 Å². The first-order chi connectivity index (χ1) is 36.7. The van der Waals surface area contributed by atoms with Crippen LogP contribution in [0.3, 0.4) is 0 Å². The van der Waals surface area contributed by atoms with Crippen molar-refractivity contribution in [1.82, 2.24) is 39.9 Å². The molecular formula is C62H38N10OS. The Morgan fingerprint density at radius 1 is 0.351 bits per heavy atom. The van der Waals surface area contributed by atoms with Crippen molar-refractivity contribution >= 4 is 56.7 Å². The topological polar surface area (TPSA) is 119 Å². The summed E-state index contributed by atoms with van der Waals surface area (Å²) in [7, 11) is 0. The molecule has 12 heteroatoms. The molecule has 348 valence electrons. The van der Waals surface area contributed by atoms with Crippen molar-refractivity contribution < 1.29 is 4.74 Å². The van der Waals surface area contributed by atoms with E-state index in [4.69, 9.17) is 34.6 Å². The summed E-state index contributed by atoms with van der Waals surface area (Å²) in [5.74, 6) is 2.54. The fourth-order valence-electron chi connectivity index (χ4n) is 9.77. The van der Waals surface area contributed by atoms with Crippen molar-refractivity contribution in [1.29, 1.82) is 0 Å². The molecule has 0 spiro atoms. The number of rotatable bonds is 8. The summed E-state index contributed by atoms with van der Waals surface area (Å²) in [6.07, 6.45) is 10.7. The smallest absolute Gasteiger partial charge is 0.162 e. The van der Waals surface area contributed by atoms with E-state index in [0.717, 1.165) is 94.1 Å². The first-order valence-electron chi connectivity index (χ1n) is 24.0. The van der Waals surface area contributed by atoms with Crippen LogP contribution in [0.25, 0.3) is 78.8 Å². The van der Waals surface area contributed by atoms with Crippen LogP contribution in [0.1, 0.15) is 0 Å². The number of pyridine rings is 4. The number of hydrogen-bond acceptors (Lipinski definition) is 12. The lowest BCUT2D eigenvalue weighted by molar-refractivity contribution is 0.477. The Morgan fingerprint density at radius 3 is 1.45 bits per heavy atom. The van der Waals surface area contributed by atoms with Gasteiger partial charge in [0, 0.05) is 80.3 Å². The van der Waals surface area contributed by atoms with E-state index < -0.39 is 0 Å². The van der Waals surface area contributed by atoms with Gasteiger partial charge < -0.3 is 14.5 Å². The van der Waals surface area contributed by atoms with Crippen LogP contribution in [-0.2, 0) is 0 Å². The molecule has 0 amide bonds. The summed E-state index contributed by atoms with van der Waals surface area (Å²) in [5, 5.41) is 1.89. The van der Waals surface area contributed by atoms with E-state index in [9.17, 15) is 0 Å². The van der Waals surface area contributed by atoms with E-state index in [-0.39, 0.29) is 0 Å². The van der Waals surface area contributed by atoms with Gasteiger partial charge in [0.2, 0.25) is 0 Å². The largest absolute Gasteiger partial charge is 0.453 e. The van der Waals surface area contributed by atoms with Gasteiger partial charge in [-0.1, -0.05) is 72.4 Å². The Bertz CT molecular complexity index is 3900. The van der Waals surface area contributed by atoms with Crippen molar-refractivity contribution in [3.63, 3.8) is 0 Å². The number of para-hydroxylation sites is 6. The second-order valence-electron chi connectivity index (χ2n) is 17.7. The second kappa shape index (κ2) is 18.0. The van der Waals surface area contributed by atoms with Gasteiger partial charge in [0.05, 0.1) is 62.6 Å². The molecule has 6 aromatic carbocycles. The van der Waals surface area contributed by atoms with E-state index >= 15 is 0 Å². The van der Waals surface area contributed by atoms with Crippen LogP contribution in [0.4, 0.5) is 34.1 Å². The van der Waals surface area contributed by atoms with Gasteiger partial charge in [-0.25, -0.2) is 19.9 Å². The maximum atomic E-state index is 6.60. The zero-order valence-electron chi connectivity index (χ0n) is 39.2. The summed E-state index contributed by atoms with van der Waals surface area (Å²) >= 11 is 1.77. The van der Waals surface area contributed by atoms with Gasteiger partial charge in [0.25, 0.3) is 0 Å². The predicted molar refractivity (Wildman–Crippen MR) is 292 cm³/mol. The van der Waals surface area contributed by atoms with Crippen LogP contribution >= 0.6 is 11.8 Å². The number of fused-ring (bicyclic) bond motifs is 5. The highest BCUT2D eigenvalue weighted by Gasteiger charge is 2.31. The molecule has 0 atom stereocenters. The lowest BCUT2D eigenvalue weighted by atomic mass is 9.93. The molecule has 0 saturated heterocycles. The zero-order valence-corrected chi connectivity index (χ0v) is 40.0. The van der Waals surface area contributed by atoms with Crippen LogP contribution in [0.5, 0.6) is 11.5 Å². The monoisotopic (exact) mass is 970 g/mol. The van der Waals surface area contributed by atoms with E-state index in [0.29, 0.717) is 40.1 Å². The summed E-state index contributed by atoms with van der Waals surface area (Å²) < 4.78 is 6.60. The van der Waals surface area contributed by atoms with Crippen molar-refractivity contribution in [3.8, 4) is 79.6 Å². The number of benzene rings is 6. The van der Waals surface area contributed by atoms with Crippen molar-refractivity contribution in [2.24, 2.45) is 0 Å². The molecule has 0 radical (unpaired) electrons. The number of hydrogen-bond donors (Lipinski definition) is 0. The maximum absolute atomic E-state index is 6.60. The fourth-order valence-corrected chi connectivity index (χ4v) is 10.8. The molecule has 12 aromatic rings. The molecule has 0 fully saturated rings. The summed E-state index contributed by atoms with van der Waals surface area (Å²) in [4.78, 5) is 46.6. The molecule has 2 aliphatic heterocycles. The Kier molecular flexibility index (Phi) is 10.5. The predicted octanol–water partition coefficient (Wildman–Crippen LogP) is 15.5. The van der Waals surface area contributed by atoms with Crippen LogP contribution in [0, 0.1) is 0 Å². The molecule has 74 heavy (non-hydrogen) atoms. The Labute approximate surface area is 429 Å². The summed E-state index contributed by atoms with van der Waals surface area (Å²) in [6, 6.07) is 66.2. The summed E-state index contributed by atoms with van der Waals surface area (Å²) in [6.45, 7) is 0. The normalized spacial score (nSPS) is 12.3. The molecule has 8 heterocycles. The van der Waals surface area contributed by atoms with Crippen molar-refractivity contribution in [3.05, 3.63) is 231 Å². The first kappa shape index (κ1) is 42.9. The lowest BCUT2D eigenvalue weighted by Crippen LogP contribution is -2.18. The highest BCUT2D eigenvalue weighted by atomic mass is 32.2. The van der Waals surface area contributed by atoms with E-state index in [1.54, 1.807) is 48.9 Å². The molecule has 6 aromatic heterocycles. The standard InChI is InChI=1S/C62H38N10OS/c1-5-23-57-52(19-1)71(53-20-2-6-24-58(53)73-57)42-33-43-44(49-36-51(47-18-10-12-30-66-47)70-62(68-49)40-16-14-28-64-38-40)31-41(48-35-50(46-17-9-11-29-65-46)69-61(67-48)39-15-13-27-63-37-39)32-45(43)56(34-42)72-54-21-3-7-25-59(54)74-60-26-8-4-22-55(60)72/h1-38H. The van der Waals surface area contributed by atoms with Gasteiger partial charge in [-0.3, -0.25) is 19.9 Å². The third-order valence-electron chi connectivity index (χ3n) is 13.1. The van der Waals surface area contributed by atoms with Gasteiger partial charge >= 0.3 is 0 Å². The van der Waals surface area contributed by atoms with Crippen LogP contribution in [0.15, 0.2) is 241 Å².